The number of aliphatic hydroxyl groups excluding tert-OH is 1. The summed E-state index contributed by atoms with van der Waals surface area (Å²) in [7, 11) is 0. The first kappa shape index (κ1) is 16.4. The van der Waals surface area contributed by atoms with E-state index < -0.39 is 23.1 Å². The van der Waals surface area contributed by atoms with Crippen LogP contribution < -0.4 is 10.2 Å². The minimum absolute atomic E-state index is 0.232. The number of ether oxygens (including phenoxy) is 1. The maximum absolute atomic E-state index is 12.9. The first-order valence-corrected chi connectivity index (χ1v) is 7.08. The van der Waals surface area contributed by atoms with E-state index in [0.29, 0.717) is 25.5 Å². The molecule has 1 unspecified atom stereocenters. The molecule has 2 N–H and O–H groups in total. The standard InChI is InChI=1S/C14H21FN4O3/c1-13(2,3)22-12(21)18-14(9-20)4-5-19(8-14)11-16-6-10(15)7-17-11/h6-7,20H,4-5,8-9H2,1-3H3,(H,18,21). The minimum atomic E-state index is -0.819. The van der Waals surface area contributed by atoms with E-state index >= 15 is 0 Å². The summed E-state index contributed by atoms with van der Waals surface area (Å²) in [6, 6.07) is 0. The number of amides is 1. The van der Waals surface area contributed by atoms with Crippen molar-refractivity contribution in [2.75, 3.05) is 24.6 Å². The fourth-order valence-corrected chi connectivity index (χ4v) is 2.30. The Morgan fingerprint density at radius 1 is 1.50 bits per heavy atom. The normalized spacial score (nSPS) is 21.8. The van der Waals surface area contributed by atoms with Crippen LogP contribution in [0.25, 0.3) is 0 Å². The first-order valence-electron chi connectivity index (χ1n) is 7.08. The zero-order valence-corrected chi connectivity index (χ0v) is 13.0. The summed E-state index contributed by atoms with van der Waals surface area (Å²) in [4.78, 5) is 21.5. The van der Waals surface area contributed by atoms with E-state index in [1.165, 1.54) is 0 Å². The second-order valence-corrected chi connectivity index (χ2v) is 6.44. The van der Waals surface area contributed by atoms with Gasteiger partial charge in [-0.2, -0.15) is 0 Å². The van der Waals surface area contributed by atoms with Crippen LogP contribution in [0.5, 0.6) is 0 Å². The van der Waals surface area contributed by atoms with Crippen molar-refractivity contribution in [3.05, 3.63) is 18.2 Å². The number of alkyl carbamates (subject to hydrolysis) is 1. The number of nitrogens with one attached hydrogen (secondary N) is 1. The van der Waals surface area contributed by atoms with Crippen LogP contribution in [0.4, 0.5) is 15.1 Å². The molecule has 8 heteroatoms. The summed E-state index contributed by atoms with van der Waals surface area (Å²) in [5, 5.41) is 12.4. The van der Waals surface area contributed by atoms with E-state index in [4.69, 9.17) is 4.74 Å². The van der Waals surface area contributed by atoms with Crippen molar-refractivity contribution < 1.29 is 19.0 Å². The van der Waals surface area contributed by atoms with Crippen LogP contribution in [0.1, 0.15) is 27.2 Å². The van der Waals surface area contributed by atoms with E-state index in [0.717, 1.165) is 12.4 Å². The van der Waals surface area contributed by atoms with Gasteiger partial charge < -0.3 is 20.1 Å². The van der Waals surface area contributed by atoms with Gasteiger partial charge in [0.1, 0.15) is 5.60 Å². The van der Waals surface area contributed by atoms with E-state index in [1.54, 1.807) is 25.7 Å². The molecule has 122 valence electrons. The molecule has 1 aromatic heterocycles. The average Bonchev–Trinajstić information content (AvgIpc) is 2.82. The summed E-state index contributed by atoms with van der Waals surface area (Å²) >= 11 is 0. The molecule has 2 rings (SSSR count). The van der Waals surface area contributed by atoms with Crippen LogP contribution in [-0.2, 0) is 4.74 Å². The summed E-state index contributed by atoms with van der Waals surface area (Å²) in [6.07, 6.45) is 2.11. The Bertz CT molecular complexity index is 532. The van der Waals surface area contributed by atoms with Gasteiger partial charge in [0.15, 0.2) is 5.82 Å². The summed E-state index contributed by atoms with van der Waals surface area (Å²) in [5.41, 5.74) is -1.43. The third-order valence-electron chi connectivity index (χ3n) is 3.31. The molecule has 2 heterocycles. The van der Waals surface area contributed by atoms with Crippen LogP contribution in [0.3, 0.4) is 0 Å². The molecule has 0 radical (unpaired) electrons. The molecule has 0 saturated carbocycles. The van der Waals surface area contributed by atoms with E-state index in [2.05, 4.69) is 15.3 Å². The Morgan fingerprint density at radius 2 is 2.14 bits per heavy atom. The maximum atomic E-state index is 12.9. The third-order valence-corrected chi connectivity index (χ3v) is 3.31. The van der Waals surface area contributed by atoms with Crippen LogP contribution in [0.2, 0.25) is 0 Å². The summed E-state index contributed by atoms with van der Waals surface area (Å²) < 4.78 is 18.1. The number of aliphatic hydroxyl groups is 1. The van der Waals surface area contributed by atoms with Crippen LogP contribution in [0.15, 0.2) is 12.4 Å². The summed E-state index contributed by atoms with van der Waals surface area (Å²) in [5.74, 6) is -0.147. The second-order valence-electron chi connectivity index (χ2n) is 6.44. The number of carbonyl (C=O) groups is 1. The van der Waals surface area contributed by atoms with E-state index in [9.17, 15) is 14.3 Å². The molecule has 1 atom stereocenters. The molecule has 1 amide bonds. The van der Waals surface area contributed by atoms with E-state index in [-0.39, 0.29) is 6.61 Å². The van der Waals surface area contributed by atoms with E-state index in [1.807, 2.05) is 0 Å². The number of hydrogen-bond acceptors (Lipinski definition) is 6. The topological polar surface area (TPSA) is 87.6 Å². The van der Waals surface area contributed by atoms with Crippen LogP contribution >= 0.6 is 0 Å². The lowest BCUT2D eigenvalue weighted by molar-refractivity contribution is 0.0417. The largest absolute Gasteiger partial charge is 0.444 e. The van der Waals surface area contributed by atoms with Crippen molar-refractivity contribution in [2.45, 2.75) is 38.3 Å². The van der Waals surface area contributed by atoms with Gasteiger partial charge in [0.25, 0.3) is 0 Å². The molecular weight excluding hydrogens is 291 g/mol. The number of halogens is 1. The third kappa shape index (κ3) is 4.03. The minimum Gasteiger partial charge on any atom is -0.444 e. The highest BCUT2D eigenvalue weighted by Gasteiger charge is 2.41. The van der Waals surface area contributed by atoms with Crippen molar-refractivity contribution in [1.29, 1.82) is 0 Å². The van der Waals surface area contributed by atoms with Gasteiger partial charge in [0.05, 0.1) is 24.5 Å². The number of nitrogens with zero attached hydrogens (tertiary/aromatic N) is 3. The highest BCUT2D eigenvalue weighted by atomic mass is 19.1. The van der Waals surface area contributed by atoms with Crippen LogP contribution in [-0.4, -0.2) is 52.0 Å². The molecule has 0 bridgehead atoms. The highest BCUT2D eigenvalue weighted by Crippen LogP contribution is 2.24. The zero-order valence-electron chi connectivity index (χ0n) is 13.0. The van der Waals surface area contributed by atoms with Crippen molar-refractivity contribution in [3.8, 4) is 0 Å². The summed E-state index contributed by atoms with van der Waals surface area (Å²) in [6.45, 7) is 5.95. The van der Waals surface area contributed by atoms with Gasteiger partial charge >= 0.3 is 6.09 Å². The van der Waals surface area contributed by atoms with Gasteiger partial charge in [-0.05, 0) is 27.2 Å². The smallest absolute Gasteiger partial charge is 0.408 e. The quantitative estimate of drug-likeness (QED) is 0.868. The van der Waals surface area contributed by atoms with Gasteiger partial charge in [-0.3, -0.25) is 0 Å². The zero-order chi connectivity index (χ0) is 16.4. The Hall–Kier alpha value is -1.96. The lowest BCUT2D eigenvalue weighted by Crippen LogP contribution is -2.54. The number of aromatic nitrogens is 2. The fraction of sp³-hybridized carbons (Fsp3) is 0.643. The highest BCUT2D eigenvalue weighted by molar-refractivity contribution is 5.69. The average molecular weight is 312 g/mol. The van der Waals surface area contributed by atoms with Crippen molar-refractivity contribution in [3.63, 3.8) is 0 Å². The molecule has 0 spiro atoms. The Morgan fingerprint density at radius 3 is 2.68 bits per heavy atom. The predicted molar refractivity (Wildman–Crippen MR) is 78.0 cm³/mol. The van der Waals surface area contributed by atoms with Gasteiger partial charge in [-0.1, -0.05) is 0 Å². The van der Waals surface area contributed by atoms with Crippen molar-refractivity contribution in [2.24, 2.45) is 0 Å². The Kier molecular flexibility index (Phi) is 4.50. The Balaban J connectivity index is 2.03. The van der Waals surface area contributed by atoms with Gasteiger partial charge in [0.2, 0.25) is 5.95 Å². The number of hydrogen-bond donors (Lipinski definition) is 2. The molecule has 1 fully saturated rings. The molecule has 22 heavy (non-hydrogen) atoms. The molecule has 1 aromatic rings. The fourth-order valence-electron chi connectivity index (χ4n) is 2.30. The number of anilines is 1. The van der Waals surface area contributed by atoms with Crippen LogP contribution in [0, 0.1) is 5.82 Å². The molecule has 0 aliphatic carbocycles. The predicted octanol–water partition coefficient (Wildman–Crippen LogP) is 1.08. The van der Waals surface area contributed by atoms with Gasteiger partial charge in [-0.25, -0.2) is 19.2 Å². The second kappa shape index (κ2) is 6.04. The molecule has 0 aromatic carbocycles. The van der Waals surface area contributed by atoms with Gasteiger partial charge in [0, 0.05) is 13.1 Å². The number of carbonyl (C=O) groups excluding carboxylic acids is 1. The monoisotopic (exact) mass is 312 g/mol. The molecular formula is C14H21FN4O3. The Labute approximate surface area is 128 Å². The molecule has 1 aliphatic heterocycles. The maximum Gasteiger partial charge on any atom is 0.408 e. The SMILES string of the molecule is CC(C)(C)OC(=O)NC1(CO)CCN(c2ncc(F)cn2)C1. The molecule has 1 aliphatic rings. The molecule has 7 nitrogen and oxygen atoms in total. The lowest BCUT2D eigenvalue weighted by atomic mass is 10.0. The van der Waals surface area contributed by atoms with Crippen molar-refractivity contribution in [1.82, 2.24) is 15.3 Å². The number of rotatable bonds is 3. The first-order chi connectivity index (χ1) is 10.2. The van der Waals surface area contributed by atoms with Gasteiger partial charge in [-0.15, -0.1) is 0 Å². The molecule has 1 saturated heterocycles. The van der Waals surface area contributed by atoms with Crippen molar-refractivity contribution >= 4 is 12.0 Å². The lowest BCUT2D eigenvalue weighted by Gasteiger charge is -2.30.